The van der Waals surface area contributed by atoms with Gasteiger partial charge in [-0.1, -0.05) is 6.07 Å². The van der Waals surface area contributed by atoms with Crippen LogP contribution in [-0.2, 0) is 16.1 Å². The van der Waals surface area contributed by atoms with Gasteiger partial charge in [0.25, 0.3) is 0 Å². The summed E-state index contributed by atoms with van der Waals surface area (Å²) >= 11 is 2.86. The van der Waals surface area contributed by atoms with Crippen molar-refractivity contribution in [1.29, 1.82) is 0 Å². The van der Waals surface area contributed by atoms with Crippen LogP contribution in [0, 0.1) is 6.92 Å². The van der Waals surface area contributed by atoms with Gasteiger partial charge in [0, 0.05) is 0 Å². The highest BCUT2D eigenvalue weighted by atomic mass is 32.1. The van der Waals surface area contributed by atoms with Crippen LogP contribution in [0.5, 0.6) is 0 Å². The maximum atomic E-state index is 12.2. The Morgan fingerprint density at radius 1 is 1.25 bits per heavy atom. The minimum absolute atomic E-state index is 0.0671. The van der Waals surface area contributed by atoms with Crippen molar-refractivity contribution in [3.8, 4) is 9.88 Å². The molecule has 0 radical (unpaired) electrons. The highest BCUT2D eigenvalue weighted by Crippen LogP contribution is 2.31. The molecule has 6 nitrogen and oxygen atoms in total. The van der Waals surface area contributed by atoms with E-state index in [1.54, 1.807) is 24.3 Å². The zero-order valence-corrected chi connectivity index (χ0v) is 14.5. The smallest absolute Gasteiger partial charge is 0.373 e. The number of ether oxygens (including phenoxy) is 2. The Labute approximate surface area is 145 Å². The molecule has 0 bridgehead atoms. The van der Waals surface area contributed by atoms with E-state index < -0.39 is 11.9 Å². The first-order chi connectivity index (χ1) is 11.6. The van der Waals surface area contributed by atoms with E-state index in [0.717, 1.165) is 9.88 Å². The second-order valence-corrected chi connectivity index (χ2v) is 6.69. The molecule has 3 aromatic rings. The van der Waals surface area contributed by atoms with Gasteiger partial charge in [0.15, 0.2) is 0 Å². The van der Waals surface area contributed by atoms with E-state index in [2.05, 4.69) is 9.72 Å². The summed E-state index contributed by atoms with van der Waals surface area (Å²) in [4.78, 5) is 29.4. The Hall–Kier alpha value is -2.45. The molecule has 0 aromatic carbocycles. The van der Waals surface area contributed by atoms with Gasteiger partial charge in [-0.05, 0) is 30.5 Å². The lowest BCUT2D eigenvalue weighted by Gasteiger charge is -2.01. The van der Waals surface area contributed by atoms with Crippen molar-refractivity contribution in [2.45, 2.75) is 13.5 Å². The van der Waals surface area contributed by atoms with Crippen molar-refractivity contribution in [3.63, 3.8) is 0 Å². The van der Waals surface area contributed by atoms with Gasteiger partial charge in [-0.3, -0.25) is 0 Å². The summed E-state index contributed by atoms with van der Waals surface area (Å²) in [6.45, 7) is 1.70. The molecule has 0 saturated carbocycles. The largest absolute Gasteiger partial charge is 0.463 e. The topological polar surface area (TPSA) is 78.6 Å². The molecule has 0 atom stereocenters. The van der Waals surface area contributed by atoms with E-state index in [4.69, 9.17) is 9.15 Å². The van der Waals surface area contributed by atoms with Crippen molar-refractivity contribution >= 4 is 34.6 Å². The van der Waals surface area contributed by atoms with Gasteiger partial charge in [0.05, 0.1) is 17.7 Å². The maximum absolute atomic E-state index is 12.2. The number of carbonyl (C=O) groups is 2. The SMILES string of the molecule is COC(=O)c1ccc(COC(=O)c2sc(-c3cccs3)nc2C)o1. The molecule has 0 aliphatic heterocycles. The third-order valence-electron chi connectivity index (χ3n) is 3.11. The molecule has 0 aliphatic carbocycles. The van der Waals surface area contributed by atoms with Gasteiger partial charge in [0.1, 0.15) is 22.3 Å². The van der Waals surface area contributed by atoms with Crippen molar-refractivity contribution in [1.82, 2.24) is 4.98 Å². The fourth-order valence-corrected chi connectivity index (χ4v) is 3.72. The molecule has 0 spiro atoms. The Morgan fingerprint density at radius 3 is 2.79 bits per heavy atom. The van der Waals surface area contributed by atoms with E-state index in [-0.39, 0.29) is 12.4 Å². The summed E-state index contributed by atoms with van der Waals surface area (Å²) in [6, 6.07) is 6.93. The first kappa shape index (κ1) is 16.4. The number of furan rings is 1. The molecule has 8 heteroatoms. The average molecular weight is 363 g/mol. The maximum Gasteiger partial charge on any atom is 0.373 e. The molecule has 3 aromatic heterocycles. The van der Waals surface area contributed by atoms with Gasteiger partial charge in [-0.25, -0.2) is 14.6 Å². The van der Waals surface area contributed by atoms with Crippen molar-refractivity contribution in [3.05, 3.63) is 51.7 Å². The monoisotopic (exact) mass is 363 g/mol. The number of esters is 2. The summed E-state index contributed by atoms with van der Waals surface area (Å²) in [5, 5.41) is 2.75. The zero-order valence-electron chi connectivity index (χ0n) is 12.9. The first-order valence-electron chi connectivity index (χ1n) is 6.94. The van der Waals surface area contributed by atoms with Crippen LogP contribution in [0.4, 0.5) is 0 Å². The van der Waals surface area contributed by atoms with Crippen LogP contribution < -0.4 is 0 Å². The standard InChI is InChI=1S/C16H13NO5S2/c1-9-13(24-14(17-9)12-4-3-7-23-12)16(19)21-8-10-5-6-11(22-10)15(18)20-2/h3-7H,8H2,1-2H3. The predicted octanol–water partition coefficient (Wildman–Crippen LogP) is 3.92. The van der Waals surface area contributed by atoms with Crippen LogP contribution in [0.2, 0.25) is 0 Å². The number of thiazole rings is 1. The molecule has 3 heterocycles. The van der Waals surface area contributed by atoms with E-state index in [9.17, 15) is 9.59 Å². The highest BCUT2D eigenvalue weighted by Gasteiger charge is 2.19. The third-order valence-corrected chi connectivity index (χ3v) is 5.28. The number of thiophene rings is 1. The van der Waals surface area contributed by atoms with Crippen molar-refractivity contribution in [2.24, 2.45) is 0 Å². The highest BCUT2D eigenvalue weighted by molar-refractivity contribution is 7.22. The number of methoxy groups -OCH3 is 1. The van der Waals surface area contributed by atoms with Crippen LogP contribution in [0.1, 0.15) is 31.7 Å². The Balaban J connectivity index is 1.67. The quantitative estimate of drug-likeness (QED) is 0.639. The second kappa shape index (κ2) is 6.98. The molecule has 3 rings (SSSR count). The van der Waals surface area contributed by atoms with E-state index in [1.165, 1.54) is 24.5 Å². The number of carbonyl (C=O) groups excluding carboxylic acids is 2. The minimum Gasteiger partial charge on any atom is -0.463 e. The molecule has 24 heavy (non-hydrogen) atoms. The fourth-order valence-electron chi connectivity index (χ4n) is 1.96. The fraction of sp³-hybridized carbons (Fsp3) is 0.188. The molecule has 0 unspecified atom stereocenters. The zero-order chi connectivity index (χ0) is 17.1. The number of nitrogens with zero attached hydrogens (tertiary/aromatic N) is 1. The van der Waals surface area contributed by atoms with Crippen LogP contribution in [0.3, 0.4) is 0 Å². The number of hydrogen-bond acceptors (Lipinski definition) is 8. The summed E-state index contributed by atoms with van der Waals surface area (Å²) < 4.78 is 15.0. The Bertz CT molecular complexity index is 863. The lowest BCUT2D eigenvalue weighted by Crippen LogP contribution is -2.04. The van der Waals surface area contributed by atoms with Crippen LogP contribution >= 0.6 is 22.7 Å². The van der Waals surface area contributed by atoms with Gasteiger partial charge < -0.3 is 13.9 Å². The minimum atomic E-state index is -0.577. The first-order valence-corrected chi connectivity index (χ1v) is 8.63. The van der Waals surface area contributed by atoms with Crippen molar-refractivity contribution in [2.75, 3.05) is 7.11 Å². The third kappa shape index (κ3) is 3.39. The molecule has 0 fully saturated rings. The molecule has 0 amide bonds. The Kier molecular flexibility index (Phi) is 4.77. The van der Waals surface area contributed by atoms with E-state index in [0.29, 0.717) is 16.3 Å². The summed E-state index contributed by atoms with van der Waals surface area (Å²) in [5.74, 6) is -0.614. The van der Waals surface area contributed by atoms with Gasteiger partial charge in [-0.2, -0.15) is 0 Å². The number of aromatic nitrogens is 1. The molecular weight excluding hydrogens is 350 g/mol. The van der Waals surface area contributed by atoms with Crippen molar-refractivity contribution < 1.29 is 23.5 Å². The van der Waals surface area contributed by atoms with Crippen LogP contribution in [0.15, 0.2) is 34.1 Å². The second-order valence-electron chi connectivity index (χ2n) is 4.74. The lowest BCUT2D eigenvalue weighted by atomic mass is 10.4. The molecule has 124 valence electrons. The number of hydrogen-bond donors (Lipinski definition) is 0. The summed E-state index contributed by atoms with van der Waals surface area (Å²) in [6.07, 6.45) is 0. The van der Waals surface area contributed by atoms with Gasteiger partial charge in [-0.15, -0.1) is 22.7 Å². The molecular formula is C16H13NO5S2. The van der Waals surface area contributed by atoms with E-state index in [1.807, 2.05) is 17.5 Å². The Morgan fingerprint density at radius 2 is 2.08 bits per heavy atom. The summed E-state index contributed by atoms with van der Waals surface area (Å²) in [5.41, 5.74) is 0.628. The van der Waals surface area contributed by atoms with Gasteiger partial charge >= 0.3 is 11.9 Å². The predicted molar refractivity (Wildman–Crippen MR) is 89.3 cm³/mol. The van der Waals surface area contributed by atoms with Crippen LogP contribution in [-0.4, -0.2) is 24.0 Å². The number of aryl methyl sites for hydroxylation is 1. The van der Waals surface area contributed by atoms with E-state index >= 15 is 0 Å². The lowest BCUT2D eigenvalue weighted by molar-refractivity contribution is 0.0443. The number of rotatable bonds is 5. The normalized spacial score (nSPS) is 10.6. The molecule has 0 aliphatic rings. The molecule has 0 saturated heterocycles. The summed E-state index contributed by atoms with van der Waals surface area (Å²) in [7, 11) is 1.27. The molecule has 0 N–H and O–H groups in total. The van der Waals surface area contributed by atoms with Crippen LogP contribution in [0.25, 0.3) is 9.88 Å². The van der Waals surface area contributed by atoms with Gasteiger partial charge in [0.2, 0.25) is 5.76 Å². The average Bonchev–Trinajstić information content (AvgIpc) is 3.31.